The van der Waals surface area contributed by atoms with E-state index in [4.69, 9.17) is 9.41 Å². The van der Waals surface area contributed by atoms with Crippen molar-refractivity contribution in [2.75, 3.05) is 0 Å². The number of aryl methyl sites for hydroxylation is 2. The molecule has 5 aromatic rings. The van der Waals surface area contributed by atoms with Gasteiger partial charge < -0.3 is 4.42 Å². The van der Waals surface area contributed by atoms with E-state index >= 15 is 0 Å². The summed E-state index contributed by atoms with van der Waals surface area (Å²) >= 11 is 3.02. The molecule has 2 aromatic carbocycles. The Bertz CT molecular complexity index is 1990. The summed E-state index contributed by atoms with van der Waals surface area (Å²) in [6.07, 6.45) is 3.54. The van der Waals surface area contributed by atoms with Crippen LogP contribution in [0.15, 0.2) is 91.9 Å². The number of hydrogen-bond donors (Lipinski definition) is 0. The summed E-state index contributed by atoms with van der Waals surface area (Å²) in [5.41, 5.74) is 6.06. The van der Waals surface area contributed by atoms with Gasteiger partial charge >= 0.3 is 0 Å². The Morgan fingerprint density at radius 1 is 1.08 bits per heavy atom. The molecular weight excluding hydrogens is 530 g/mol. The van der Waals surface area contributed by atoms with Crippen molar-refractivity contribution in [1.29, 1.82) is 0 Å². The van der Waals surface area contributed by atoms with Crippen LogP contribution in [0.2, 0.25) is 0 Å². The molecule has 1 aliphatic heterocycles. The summed E-state index contributed by atoms with van der Waals surface area (Å²) in [6.45, 7) is 1.81. The number of thiazole rings is 1. The quantitative estimate of drug-likeness (QED) is 0.207. The van der Waals surface area contributed by atoms with Crippen molar-refractivity contribution in [3.05, 3.63) is 135 Å². The van der Waals surface area contributed by atoms with Gasteiger partial charge in [-0.2, -0.15) is 0 Å². The zero-order chi connectivity index (χ0) is 26.7. The van der Waals surface area contributed by atoms with Crippen molar-refractivity contribution < 1.29 is 9.34 Å². The second kappa shape index (κ2) is 9.14. The minimum Gasteiger partial charge on any atom is -0.457 e. The number of rotatable bonds is 4. The van der Waals surface area contributed by atoms with E-state index in [-0.39, 0.29) is 17.3 Å². The van der Waals surface area contributed by atoms with Gasteiger partial charge in [-0.1, -0.05) is 41.7 Å². The standard InChI is InChI=1S/C30H21N3O4S2/c1-17-15-19(33(35)36)9-12-21(17)24-13-10-20(37-24)16-26-29(34)32-28(25-7-4-14-38-25)23-11-8-18-5-2-3-6-22(18)27(23)31-30(32)39-26/h2-7,9-10,12-16,28H,8,11H2,1H3/b26-16+/t28-/m1/s1. The molecule has 9 heteroatoms. The average molecular weight is 552 g/mol. The molecule has 2 aliphatic rings. The maximum Gasteiger partial charge on any atom is 0.271 e. The molecule has 0 fully saturated rings. The zero-order valence-corrected chi connectivity index (χ0v) is 22.4. The molecule has 0 N–H and O–H groups in total. The normalized spacial score (nSPS) is 16.4. The van der Waals surface area contributed by atoms with E-state index in [1.54, 1.807) is 23.5 Å². The number of nitro groups is 1. The van der Waals surface area contributed by atoms with E-state index in [1.165, 1.54) is 34.6 Å². The Labute approximate surface area is 230 Å². The lowest BCUT2D eigenvalue weighted by Gasteiger charge is -2.30. The summed E-state index contributed by atoms with van der Waals surface area (Å²) in [7, 11) is 0. The lowest BCUT2D eigenvalue weighted by molar-refractivity contribution is -0.384. The van der Waals surface area contributed by atoms with Gasteiger partial charge in [-0.3, -0.25) is 19.5 Å². The van der Waals surface area contributed by atoms with Crippen molar-refractivity contribution >= 4 is 40.1 Å². The minimum absolute atomic E-state index is 0.0368. The highest BCUT2D eigenvalue weighted by molar-refractivity contribution is 7.10. The highest BCUT2D eigenvalue weighted by Crippen LogP contribution is 2.42. The molecule has 7 nitrogen and oxygen atoms in total. The monoisotopic (exact) mass is 551 g/mol. The topological polar surface area (TPSA) is 90.6 Å². The average Bonchev–Trinajstić information content (AvgIpc) is 3.69. The first-order valence-corrected chi connectivity index (χ1v) is 14.2. The van der Waals surface area contributed by atoms with Crippen LogP contribution in [-0.2, 0) is 6.42 Å². The van der Waals surface area contributed by atoms with Gasteiger partial charge in [-0.05, 0) is 66.1 Å². The third kappa shape index (κ3) is 3.93. The summed E-state index contributed by atoms with van der Waals surface area (Å²) < 4.78 is 8.45. The SMILES string of the molecule is Cc1cc([N+](=O)[O-])ccc1-c1ccc(/C=c2/sc3n(c2=O)[C@@H](c2cccs2)C2=C(N=3)c3ccccc3CC2)o1. The molecule has 0 saturated heterocycles. The van der Waals surface area contributed by atoms with Crippen LogP contribution in [0.25, 0.3) is 23.1 Å². The Kier molecular flexibility index (Phi) is 5.57. The first-order chi connectivity index (χ1) is 19.0. The summed E-state index contributed by atoms with van der Waals surface area (Å²) in [4.78, 5) is 31.4. The van der Waals surface area contributed by atoms with Gasteiger partial charge in [0, 0.05) is 34.2 Å². The lowest BCUT2D eigenvalue weighted by Crippen LogP contribution is -2.38. The van der Waals surface area contributed by atoms with Gasteiger partial charge in [0.05, 0.1) is 21.2 Å². The smallest absolute Gasteiger partial charge is 0.271 e. The molecule has 3 aromatic heterocycles. The van der Waals surface area contributed by atoms with Crippen molar-refractivity contribution in [2.45, 2.75) is 25.8 Å². The van der Waals surface area contributed by atoms with Gasteiger partial charge in [0.2, 0.25) is 0 Å². The number of nitro benzene ring substituents is 1. The van der Waals surface area contributed by atoms with E-state index in [1.807, 2.05) is 41.1 Å². The minimum atomic E-state index is -0.413. The summed E-state index contributed by atoms with van der Waals surface area (Å²) in [5.74, 6) is 1.12. The lowest BCUT2D eigenvalue weighted by atomic mass is 9.85. The molecule has 0 spiro atoms. The molecule has 1 aliphatic carbocycles. The number of nitrogens with zero attached hydrogens (tertiary/aromatic N) is 3. The largest absolute Gasteiger partial charge is 0.457 e. The molecular formula is C30H21N3O4S2. The molecule has 0 unspecified atom stereocenters. The number of hydrogen-bond acceptors (Lipinski definition) is 7. The third-order valence-corrected chi connectivity index (χ3v) is 9.18. The number of furan rings is 1. The van der Waals surface area contributed by atoms with Gasteiger partial charge in [-0.15, -0.1) is 11.3 Å². The molecule has 0 radical (unpaired) electrons. The maximum absolute atomic E-state index is 13.8. The van der Waals surface area contributed by atoms with E-state index in [9.17, 15) is 14.9 Å². The first-order valence-electron chi connectivity index (χ1n) is 12.5. The van der Waals surface area contributed by atoms with Crippen molar-refractivity contribution in [1.82, 2.24) is 4.57 Å². The zero-order valence-electron chi connectivity index (χ0n) is 20.8. The Morgan fingerprint density at radius 3 is 2.74 bits per heavy atom. The molecule has 4 heterocycles. The van der Waals surface area contributed by atoms with Crippen molar-refractivity contribution in [3.8, 4) is 11.3 Å². The molecule has 7 rings (SSSR count). The van der Waals surface area contributed by atoms with E-state index in [2.05, 4.69) is 24.3 Å². The Morgan fingerprint density at radius 2 is 1.95 bits per heavy atom. The molecule has 0 saturated carbocycles. The second-order valence-electron chi connectivity index (χ2n) is 9.59. The highest BCUT2D eigenvalue weighted by Gasteiger charge is 2.33. The van der Waals surface area contributed by atoms with Crippen LogP contribution in [0.4, 0.5) is 5.69 Å². The van der Waals surface area contributed by atoms with Crippen LogP contribution >= 0.6 is 22.7 Å². The van der Waals surface area contributed by atoms with Crippen LogP contribution < -0.4 is 14.9 Å². The third-order valence-electron chi connectivity index (χ3n) is 7.27. The van der Waals surface area contributed by atoms with Gasteiger partial charge in [-0.25, -0.2) is 4.99 Å². The van der Waals surface area contributed by atoms with Crippen LogP contribution in [0.3, 0.4) is 0 Å². The van der Waals surface area contributed by atoms with Crippen molar-refractivity contribution in [3.63, 3.8) is 0 Å². The number of thiophene rings is 1. The predicted molar refractivity (Wildman–Crippen MR) is 153 cm³/mol. The molecule has 39 heavy (non-hydrogen) atoms. The number of non-ortho nitro benzene ring substituents is 1. The van der Waals surface area contributed by atoms with Crippen LogP contribution in [0, 0.1) is 17.0 Å². The van der Waals surface area contributed by atoms with Gasteiger partial charge in [0.1, 0.15) is 11.5 Å². The van der Waals surface area contributed by atoms with Crippen LogP contribution in [-0.4, -0.2) is 9.49 Å². The van der Waals surface area contributed by atoms with Crippen LogP contribution in [0.5, 0.6) is 0 Å². The molecule has 192 valence electrons. The highest BCUT2D eigenvalue weighted by atomic mass is 32.1. The van der Waals surface area contributed by atoms with E-state index < -0.39 is 4.92 Å². The summed E-state index contributed by atoms with van der Waals surface area (Å²) in [6, 6.07) is 20.6. The van der Waals surface area contributed by atoms with Gasteiger partial charge in [0.15, 0.2) is 4.80 Å². The van der Waals surface area contributed by atoms with E-state index in [0.29, 0.717) is 20.9 Å². The molecule has 0 bridgehead atoms. The second-order valence-corrected chi connectivity index (χ2v) is 11.6. The fraction of sp³-hybridized carbons (Fsp3) is 0.133. The molecule has 1 atom stereocenters. The number of fused-ring (bicyclic) bond motifs is 3. The number of allylic oxidation sites excluding steroid dienone is 1. The molecule has 0 amide bonds. The van der Waals surface area contributed by atoms with Crippen LogP contribution in [0.1, 0.15) is 39.8 Å². The summed E-state index contributed by atoms with van der Waals surface area (Å²) in [5, 5.41) is 13.2. The number of benzene rings is 2. The van der Waals surface area contributed by atoms with E-state index in [0.717, 1.165) is 40.1 Å². The Balaban J connectivity index is 1.35. The van der Waals surface area contributed by atoms with Crippen molar-refractivity contribution in [2.24, 2.45) is 4.99 Å². The number of aromatic nitrogens is 1. The fourth-order valence-corrected chi connectivity index (χ4v) is 7.29. The first kappa shape index (κ1) is 23.8. The predicted octanol–water partition coefficient (Wildman–Crippen LogP) is 5.86. The van der Waals surface area contributed by atoms with Gasteiger partial charge in [0.25, 0.3) is 11.2 Å². The maximum atomic E-state index is 13.8. The Hall–Kier alpha value is -4.34. The fourth-order valence-electron chi connectivity index (χ4n) is 5.46.